The Kier molecular flexibility index (Phi) is 9.45. The Morgan fingerprint density at radius 1 is 1.13 bits per heavy atom. The van der Waals surface area contributed by atoms with Gasteiger partial charge < -0.3 is 14.6 Å². The van der Waals surface area contributed by atoms with Crippen molar-refractivity contribution in [2.24, 2.45) is 4.99 Å². The van der Waals surface area contributed by atoms with Crippen LogP contribution in [0.3, 0.4) is 0 Å². The highest BCUT2D eigenvalue weighted by atomic mass is 79.9. The molecule has 4 rings (SSSR count). The summed E-state index contributed by atoms with van der Waals surface area (Å²) in [5.74, 6) is -1.12. The predicted molar refractivity (Wildman–Crippen MR) is 147 cm³/mol. The number of hydrazine groups is 1. The highest BCUT2D eigenvalue weighted by Gasteiger charge is 2.52. The minimum absolute atomic E-state index is 0.0394. The fourth-order valence-electron chi connectivity index (χ4n) is 4.20. The van der Waals surface area contributed by atoms with Crippen LogP contribution in [0.2, 0.25) is 0 Å². The summed E-state index contributed by atoms with van der Waals surface area (Å²) in [7, 11) is 0. The van der Waals surface area contributed by atoms with E-state index in [0.29, 0.717) is 29.9 Å². The van der Waals surface area contributed by atoms with Gasteiger partial charge in [-0.3, -0.25) is 10.2 Å². The lowest BCUT2D eigenvalue weighted by Gasteiger charge is -2.29. The molecule has 0 unspecified atom stereocenters. The van der Waals surface area contributed by atoms with E-state index in [4.69, 9.17) is 19.6 Å². The Morgan fingerprint density at radius 2 is 1.82 bits per heavy atom. The molecule has 0 bridgehead atoms. The van der Waals surface area contributed by atoms with E-state index >= 15 is 0 Å². The highest BCUT2D eigenvalue weighted by Crippen LogP contribution is 2.43. The molecule has 7 nitrogen and oxygen atoms in total. The van der Waals surface area contributed by atoms with Crippen molar-refractivity contribution >= 4 is 27.7 Å². The Bertz CT molecular complexity index is 1320. The predicted octanol–water partition coefficient (Wildman–Crippen LogP) is 5.14. The molecule has 2 atom stereocenters. The van der Waals surface area contributed by atoms with Gasteiger partial charge >= 0.3 is 0 Å². The molecule has 10 heteroatoms. The summed E-state index contributed by atoms with van der Waals surface area (Å²) in [6.07, 6.45) is 1.41. The molecule has 1 amide bonds. The molecule has 1 heterocycles. The zero-order valence-corrected chi connectivity index (χ0v) is 22.6. The van der Waals surface area contributed by atoms with E-state index in [1.807, 2.05) is 24.3 Å². The van der Waals surface area contributed by atoms with Crippen LogP contribution in [0, 0.1) is 11.6 Å². The molecule has 0 spiro atoms. The fourth-order valence-corrected chi connectivity index (χ4v) is 4.46. The van der Waals surface area contributed by atoms with Crippen molar-refractivity contribution in [2.45, 2.75) is 31.0 Å². The van der Waals surface area contributed by atoms with Crippen LogP contribution in [0.5, 0.6) is 5.75 Å². The summed E-state index contributed by atoms with van der Waals surface area (Å²) in [6.45, 7) is 3.97. The van der Waals surface area contributed by atoms with Crippen molar-refractivity contribution in [1.82, 2.24) is 10.9 Å². The van der Waals surface area contributed by atoms with E-state index in [0.717, 1.165) is 16.6 Å². The number of nitrogens with one attached hydrogen (secondary N) is 2. The Labute approximate surface area is 233 Å². The number of benzene rings is 3. The molecule has 1 aliphatic rings. The maximum atomic E-state index is 14.1. The van der Waals surface area contributed by atoms with Gasteiger partial charge in [-0.1, -0.05) is 40.2 Å². The fraction of sp³-hybridized carbons (Fsp3) is 0.241. The lowest BCUT2D eigenvalue weighted by molar-refractivity contribution is -0.130. The second-order valence-electron chi connectivity index (χ2n) is 8.84. The largest absolute Gasteiger partial charge is 0.494 e. The Hall–Kier alpha value is -3.60. The molecular formula is C29H28BrF2N3O4. The van der Waals surface area contributed by atoms with Crippen molar-refractivity contribution < 1.29 is 28.2 Å². The first-order valence-corrected chi connectivity index (χ1v) is 13.1. The standard InChI is InChI=1S/C29H28BrF2N3O4/c1-2-15-29(28(37)35-33-18-23-24(31)5-3-6-25(23)32)26(19-7-11-21(30)12-8-19)39-27(34-29)20-9-13-22(14-10-20)38-17-4-16-36/h2-3,5-14,26,33,36H,1,4,15-18H2,(H,35,37)/t26-,29-/m0/s1. The second-order valence-corrected chi connectivity index (χ2v) is 9.76. The van der Waals surface area contributed by atoms with Gasteiger partial charge in [0.05, 0.1) is 6.61 Å². The molecule has 0 radical (unpaired) electrons. The van der Waals surface area contributed by atoms with Gasteiger partial charge in [-0.25, -0.2) is 19.2 Å². The number of rotatable bonds is 12. The number of aliphatic hydroxyl groups excluding tert-OH is 1. The van der Waals surface area contributed by atoms with Crippen LogP contribution in [0.25, 0.3) is 0 Å². The quantitative estimate of drug-likeness (QED) is 0.152. The molecule has 0 saturated carbocycles. The number of carbonyl (C=O) groups excluding carboxylic acids is 1. The lowest BCUT2D eigenvalue weighted by Crippen LogP contribution is -2.52. The molecule has 0 saturated heterocycles. The van der Waals surface area contributed by atoms with E-state index in [1.54, 1.807) is 30.3 Å². The van der Waals surface area contributed by atoms with Crippen molar-refractivity contribution in [2.75, 3.05) is 13.2 Å². The maximum Gasteiger partial charge on any atom is 0.266 e. The number of hydrogen-bond acceptors (Lipinski definition) is 6. The summed E-state index contributed by atoms with van der Waals surface area (Å²) >= 11 is 3.43. The van der Waals surface area contributed by atoms with Gasteiger partial charge in [-0.15, -0.1) is 6.58 Å². The van der Waals surface area contributed by atoms with Crippen molar-refractivity contribution in [3.63, 3.8) is 0 Å². The number of aliphatic hydroxyl groups is 1. The topological polar surface area (TPSA) is 92.2 Å². The third-order valence-corrected chi connectivity index (χ3v) is 6.72. The number of halogens is 3. The first-order valence-electron chi connectivity index (χ1n) is 12.3. The van der Waals surface area contributed by atoms with E-state index in [9.17, 15) is 13.6 Å². The van der Waals surface area contributed by atoms with Gasteiger partial charge in [0.25, 0.3) is 5.91 Å². The van der Waals surface area contributed by atoms with Gasteiger partial charge in [0.15, 0.2) is 11.6 Å². The smallest absolute Gasteiger partial charge is 0.266 e. The monoisotopic (exact) mass is 599 g/mol. The molecule has 3 N–H and O–H groups in total. The first kappa shape index (κ1) is 28.4. The Morgan fingerprint density at radius 3 is 2.46 bits per heavy atom. The molecule has 204 valence electrons. The number of carbonyl (C=O) groups is 1. The van der Waals surface area contributed by atoms with E-state index in [1.165, 1.54) is 6.07 Å². The van der Waals surface area contributed by atoms with E-state index in [-0.39, 0.29) is 31.0 Å². The number of aliphatic imine (C=N–C) groups is 1. The molecule has 39 heavy (non-hydrogen) atoms. The van der Waals surface area contributed by atoms with Crippen LogP contribution in [0.1, 0.15) is 35.6 Å². The molecule has 0 aliphatic carbocycles. The molecule has 3 aromatic rings. The molecule has 3 aromatic carbocycles. The summed E-state index contributed by atoms with van der Waals surface area (Å²) < 4.78 is 40.9. The van der Waals surface area contributed by atoms with E-state index < -0.39 is 29.2 Å². The lowest BCUT2D eigenvalue weighted by atomic mass is 9.84. The summed E-state index contributed by atoms with van der Waals surface area (Å²) in [4.78, 5) is 18.5. The number of hydrogen-bond donors (Lipinski definition) is 3. The normalized spacial score (nSPS) is 18.3. The third-order valence-electron chi connectivity index (χ3n) is 6.19. The molecular weight excluding hydrogens is 572 g/mol. The molecule has 0 fully saturated rings. The van der Waals surface area contributed by atoms with Crippen LogP contribution >= 0.6 is 15.9 Å². The zero-order chi connectivity index (χ0) is 27.8. The molecule has 0 aromatic heterocycles. The number of nitrogens with zero attached hydrogens (tertiary/aromatic N) is 1. The van der Waals surface area contributed by atoms with E-state index in [2.05, 4.69) is 33.4 Å². The van der Waals surface area contributed by atoms with Gasteiger partial charge in [-0.2, -0.15) is 0 Å². The minimum Gasteiger partial charge on any atom is -0.494 e. The first-order chi connectivity index (χ1) is 18.9. The van der Waals surface area contributed by atoms with Gasteiger partial charge in [0, 0.05) is 41.6 Å². The third kappa shape index (κ3) is 6.52. The summed E-state index contributed by atoms with van der Waals surface area (Å²) in [6, 6.07) is 18.0. The minimum atomic E-state index is -1.46. The average Bonchev–Trinajstić information content (AvgIpc) is 3.32. The molecule has 1 aliphatic heterocycles. The van der Waals surface area contributed by atoms with Crippen molar-refractivity contribution in [3.05, 3.63) is 112 Å². The van der Waals surface area contributed by atoms with Crippen LogP contribution in [0.15, 0.2) is 88.9 Å². The number of ether oxygens (including phenoxy) is 2. The van der Waals surface area contributed by atoms with Crippen LogP contribution in [0.4, 0.5) is 8.78 Å². The highest BCUT2D eigenvalue weighted by molar-refractivity contribution is 9.10. The zero-order valence-electron chi connectivity index (χ0n) is 21.0. The van der Waals surface area contributed by atoms with Crippen LogP contribution < -0.4 is 15.6 Å². The maximum absolute atomic E-state index is 14.1. The van der Waals surface area contributed by atoms with Crippen molar-refractivity contribution in [1.29, 1.82) is 0 Å². The van der Waals surface area contributed by atoms with Crippen LogP contribution in [-0.4, -0.2) is 35.7 Å². The second kappa shape index (κ2) is 13.0. The van der Waals surface area contributed by atoms with Crippen molar-refractivity contribution in [3.8, 4) is 5.75 Å². The Balaban J connectivity index is 1.62. The number of amides is 1. The van der Waals surface area contributed by atoms with Gasteiger partial charge in [0.1, 0.15) is 17.4 Å². The van der Waals surface area contributed by atoms with Gasteiger partial charge in [0.2, 0.25) is 5.90 Å². The van der Waals surface area contributed by atoms with Gasteiger partial charge in [-0.05, 0) is 54.1 Å². The summed E-state index contributed by atoms with van der Waals surface area (Å²) in [5, 5.41) is 8.95. The summed E-state index contributed by atoms with van der Waals surface area (Å²) in [5.41, 5.74) is 4.88. The van der Waals surface area contributed by atoms with Crippen LogP contribution in [-0.2, 0) is 16.1 Å². The SMILES string of the molecule is C=CC[C@]1(C(=O)NNCc2c(F)cccc2F)N=C(c2ccc(OCCCO)cc2)O[C@H]1c1ccc(Br)cc1. The average molecular weight is 600 g/mol.